The highest BCUT2D eigenvalue weighted by atomic mass is 16.5. The number of hydrogen-bond donors (Lipinski definition) is 1. The maximum absolute atomic E-state index is 10.2. The molecule has 1 atom stereocenters. The van der Waals surface area contributed by atoms with Crippen LogP contribution in [0.15, 0.2) is 48.5 Å². The lowest BCUT2D eigenvalue weighted by Crippen LogP contribution is -1.99. The Morgan fingerprint density at radius 2 is 1.83 bits per heavy atom. The van der Waals surface area contributed by atoms with Crippen LogP contribution in [0.5, 0.6) is 5.75 Å². The van der Waals surface area contributed by atoms with Crippen molar-refractivity contribution in [3.63, 3.8) is 0 Å². The molecule has 0 amide bonds. The van der Waals surface area contributed by atoms with Gasteiger partial charge in [0, 0.05) is 0 Å². The highest BCUT2D eigenvalue weighted by molar-refractivity contribution is 5.38. The van der Waals surface area contributed by atoms with Crippen molar-refractivity contribution in [3.05, 3.63) is 65.2 Å². The van der Waals surface area contributed by atoms with E-state index in [1.165, 1.54) is 0 Å². The van der Waals surface area contributed by atoms with E-state index in [1.807, 2.05) is 12.1 Å². The van der Waals surface area contributed by atoms with Crippen molar-refractivity contribution >= 4 is 0 Å². The Hall–Kier alpha value is -2.31. The summed E-state index contributed by atoms with van der Waals surface area (Å²) in [5.74, 6) is 0.747. The molecule has 2 rings (SSSR count). The Morgan fingerprint density at radius 3 is 2.44 bits per heavy atom. The third-order valence-electron chi connectivity index (χ3n) is 2.76. The van der Waals surface area contributed by atoms with Crippen LogP contribution in [0, 0.1) is 11.3 Å². The number of aliphatic hydroxyl groups is 1. The Morgan fingerprint density at radius 1 is 1.11 bits per heavy atom. The number of hydrogen-bond acceptors (Lipinski definition) is 3. The zero-order valence-corrected chi connectivity index (χ0v) is 10.00. The lowest BCUT2D eigenvalue weighted by molar-refractivity contribution is 0.220. The molecular formula is C15H13NO2. The SMILES string of the molecule is COc1ccc(C(O)c2cccc(C#N)c2)cc1. The van der Waals surface area contributed by atoms with E-state index < -0.39 is 6.10 Å². The fourth-order valence-corrected chi connectivity index (χ4v) is 1.76. The molecule has 0 fully saturated rings. The first-order valence-corrected chi connectivity index (χ1v) is 5.56. The second kappa shape index (κ2) is 5.35. The number of nitriles is 1. The van der Waals surface area contributed by atoms with Crippen LogP contribution in [-0.2, 0) is 0 Å². The van der Waals surface area contributed by atoms with Crippen molar-refractivity contribution in [2.24, 2.45) is 0 Å². The standard InChI is InChI=1S/C15H13NO2/c1-18-14-7-5-12(6-8-14)15(17)13-4-2-3-11(9-13)10-16/h2-9,15,17H,1H3. The monoisotopic (exact) mass is 239 g/mol. The summed E-state index contributed by atoms with van der Waals surface area (Å²) in [5, 5.41) is 19.1. The Balaban J connectivity index is 2.29. The molecule has 90 valence electrons. The summed E-state index contributed by atoms with van der Waals surface area (Å²) in [6.07, 6.45) is -0.732. The van der Waals surface area contributed by atoms with Crippen molar-refractivity contribution in [3.8, 4) is 11.8 Å². The summed E-state index contributed by atoms with van der Waals surface area (Å²) in [6, 6.07) is 16.2. The lowest BCUT2D eigenvalue weighted by Gasteiger charge is -2.12. The van der Waals surface area contributed by atoms with Gasteiger partial charge in [0.2, 0.25) is 0 Å². The first-order valence-electron chi connectivity index (χ1n) is 5.56. The van der Waals surface area contributed by atoms with Gasteiger partial charge in [0.1, 0.15) is 11.9 Å². The molecule has 3 nitrogen and oxygen atoms in total. The average Bonchev–Trinajstić information content (AvgIpc) is 2.46. The van der Waals surface area contributed by atoms with Gasteiger partial charge in [-0.05, 0) is 35.4 Å². The number of ether oxygens (including phenoxy) is 1. The molecule has 1 unspecified atom stereocenters. The molecule has 18 heavy (non-hydrogen) atoms. The molecule has 0 saturated carbocycles. The van der Waals surface area contributed by atoms with E-state index in [2.05, 4.69) is 6.07 Å². The predicted octanol–water partition coefficient (Wildman–Crippen LogP) is 2.65. The zero-order chi connectivity index (χ0) is 13.0. The molecule has 0 aliphatic heterocycles. The van der Waals surface area contributed by atoms with Crippen LogP contribution in [0.4, 0.5) is 0 Å². The van der Waals surface area contributed by atoms with E-state index >= 15 is 0 Å². The molecule has 0 bridgehead atoms. The fraction of sp³-hybridized carbons (Fsp3) is 0.133. The third kappa shape index (κ3) is 2.50. The van der Waals surface area contributed by atoms with Crippen LogP contribution in [0.2, 0.25) is 0 Å². The van der Waals surface area contributed by atoms with Gasteiger partial charge in [-0.15, -0.1) is 0 Å². The number of methoxy groups -OCH3 is 1. The molecule has 1 N–H and O–H groups in total. The van der Waals surface area contributed by atoms with Gasteiger partial charge >= 0.3 is 0 Å². The van der Waals surface area contributed by atoms with E-state index in [1.54, 1.807) is 43.5 Å². The van der Waals surface area contributed by atoms with Gasteiger partial charge in [0.05, 0.1) is 18.7 Å². The molecule has 0 spiro atoms. The first kappa shape index (κ1) is 12.2. The van der Waals surface area contributed by atoms with Gasteiger partial charge in [-0.25, -0.2) is 0 Å². The van der Waals surface area contributed by atoms with Crippen LogP contribution < -0.4 is 4.74 Å². The van der Waals surface area contributed by atoms with Gasteiger partial charge in [0.15, 0.2) is 0 Å². The van der Waals surface area contributed by atoms with Gasteiger partial charge < -0.3 is 9.84 Å². The van der Waals surface area contributed by atoms with Gasteiger partial charge in [-0.3, -0.25) is 0 Å². The van der Waals surface area contributed by atoms with E-state index in [9.17, 15) is 5.11 Å². The zero-order valence-electron chi connectivity index (χ0n) is 10.00. The summed E-state index contributed by atoms with van der Waals surface area (Å²) in [4.78, 5) is 0. The van der Waals surface area contributed by atoms with E-state index in [4.69, 9.17) is 10.00 Å². The summed E-state index contributed by atoms with van der Waals surface area (Å²) >= 11 is 0. The topological polar surface area (TPSA) is 53.2 Å². The second-order valence-corrected chi connectivity index (χ2v) is 3.91. The van der Waals surface area contributed by atoms with Crippen LogP contribution in [0.25, 0.3) is 0 Å². The van der Waals surface area contributed by atoms with E-state index in [0.29, 0.717) is 11.1 Å². The highest BCUT2D eigenvalue weighted by Gasteiger charge is 2.10. The second-order valence-electron chi connectivity index (χ2n) is 3.91. The van der Waals surface area contributed by atoms with Gasteiger partial charge in [-0.1, -0.05) is 24.3 Å². The number of rotatable bonds is 3. The Kier molecular flexibility index (Phi) is 3.61. The van der Waals surface area contributed by atoms with Crippen molar-refractivity contribution < 1.29 is 9.84 Å². The van der Waals surface area contributed by atoms with Gasteiger partial charge in [0.25, 0.3) is 0 Å². The van der Waals surface area contributed by atoms with Crippen LogP contribution in [0.1, 0.15) is 22.8 Å². The van der Waals surface area contributed by atoms with Crippen LogP contribution in [-0.4, -0.2) is 12.2 Å². The third-order valence-corrected chi connectivity index (χ3v) is 2.76. The molecule has 0 heterocycles. The van der Waals surface area contributed by atoms with E-state index in [-0.39, 0.29) is 0 Å². The lowest BCUT2D eigenvalue weighted by atomic mass is 10.00. The smallest absolute Gasteiger partial charge is 0.118 e. The molecular weight excluding hydrogens is 226 g/mol. The van der Waals surface area contributed by atoms with Gasteiger partial charge in [-0.2, -0.15) is 5.26 Å². The summed E-state index contributed by atoms with van der Waals surface area (Å²) in [7, 11) is 1.60. The molecule has 2 aromatic rings. The Labute approximate surface area is 106 Å². The number of aliphatic hydroxyl groups excluding tert-OH is 1. The summed E-state index contributed by atoms with van der Waals surface area (Å²) in [5.41, 5.74) is 2.02. The number of nitrogens with zero attached hydrogens (tertiary/aromatic N) is 1. The maximum atomic E-state index is 10.2. The minimum atomic E-state index is -0.732. The number of benzene rings is 2. The average molecular weight is 239 g/mol. The minimum Gasteiger partial charge on any atom is -0.497 e. The molecule has 3 heteroatoms. The quantitative estimate of drug-likeness (QED) is 0.895. The highest BCUT2D eigenvalue weighted by Crippen LogP contribution is 2.24. The predicted molar refractivity (Wildman–Crippen MR) is 68.2 cm³/mol. The molecule has 0 radical (unpaired) electrons. The molecule has 0 saturated heterocycles. The molecule has 0 aliphatic rings. The molecule has 2 aromatic carbocycles. The first-order chi connectivity index (χ1) is 8.74. The summed E-state index contributed by atoms with van der Waals surface area (Å²) < 4.78 is 5.07. The van der Waals surface area contributed by atoms with E-state index in [0.717, 1.165) is 11.3 Å². The van der Waals surface area contributed by atoms with Crippen molar-refractivity contribution in [2.45, 2.75) is 6.10 Å². The maximum Gasteiger partial charge on any atom is 0.118 e. The largest absolute Gasteiger partial charge is 0.497 e. The molecule has 0 aromatic heterocycles. The Bertz CT molecular complexity index is 570. The van der Waals surface area contributed by atoms with Crippen molar-refractivity contribution in [2.75, 3.05) is 7.11 Å². The van der Waals surface area contributed by atoms with Crippen LogP contribution >= 0.6 is 0 Å². The van der Waals surface area contributed by atoms with Crippen molar-refractivity contribution in [1.29, 1.82) is 5.26 Å². The normalized spacial score (nSPS) is 11.6. The van der Waals surface area contributed by atoms with Crippen LogP contribution in [0.3, 0.4) is 0 Å². The van der Waals surface area contributed by atoms with Crippen molar-refractivity contribution in [1.82, 2.24) is 0 Å². The fourth-order valence-electron chi connectivity index (χ4n) is 1.76. The summed E-state index contributed by atoms with van der Waals surface area (Å²) in [6.45, 7) is 0. The molecule has 0 aliphatic carbocycles. The minimum absolute atomic E-state index is 0.542.